The number of urea groups is 1. The fourth-order valence-electron chi connectivity index (χ4n) is 3.08. The highest BCUT2D eigenvalue weighted by molar-refractivity contribution is 6.04. The van der Waals surface area contributed by atoms with Crippen LogP contribution in [0, 0.1) is 10.1 Å². The van der Waals surface area contributed by atoms with Crippen molar-refractivity contribution in [2.45, 2.75) is 13.5 Å². The molecule has 2 N–H and O–H groups in total. The van der Waals surface area contributed by atoms with Gasteiger partial charge < -0.3 is 14.4 Å². The van der Waals surface area contributed by atoms with Crippen molar-refractivity contribution in [1.82, 2.24) is 24.9 Å². The van der Waals surface area contributed by atoms with Gasteiger partial charge in [-0.05, 0) is 39.2 Å². The average molecular weight is 484 g/mol. The number of esters is 1. The van der Waals surface area contributed by atoms with Gasteiger partial charge in [0.1, 0.15) is 5.56 Å². The Bertz CT molecular complexity index is 1210. The lowest BCUT2D eigenvalue weighted by Crippen LogP contribution is -2.22. The molecule has 0 aliphatic rings. The number of carbonyl (C=O) groups excluding carboxylic acids is 2. The fraction of sp³-hybridized carbons (Fsp3) is 0.286. The van der Waals surface area contributed by atoms with Crippen molar-refractivity contribution in [2.24, 2.45) is 0 Å². The SMILES string of the molecule is CCOC(=O)c1c(NC(=O)Nc2ccc(OC)nn2)nn(-c2ccc([N+](=O)[O-])cc2)c1CN(C)C. The molecule has 0 saturated heterocycles. The summed E-state index contributed by atoms with van der Waals surface area (Å²) in [4.78, 5) is 37.9. The Balaban J connectivity index is 2.01. The fourth-order valence-corrected chi connectivity index (χ4v) is 3.08. The smallest absolute Gasteiger partial charge is 0.343 e. The van der Waals surface area contributed by atoms with E-state index in [-0.39, 0.29) is 41.9 Å². The molecule has 2 amide bonds. The van der Waals surface area contributed by atoms with Gasteiger partial charge in [0, 0.05) is 24.7 Å². The summed E-state index contributed by atoms with van der Waals surface area (Å²) in [6, 6.07) is 7.92. The van der Waals surface area contributed by atoms with Gasteiger partial charge in [-0.15, -0.1) is 15.3 Å². The summed E-state index contributed by atoms with van der Waals surface area (Å²) in [7, 11) is 5.03. The van der Waals surface area contributed by atoms with E-state index in [1.54, 1.807) is 25.9 Å². The van der Waals surface area contributed by atoms with Crippen LogP contribution in [0.25, 0.3) is 5.69 Å². The number of benzene rings is 1. The molecular formula is C21H24N8O6. The van der Waals surface area contributed by atoms with Gasteiger partial charge in [-0.1, -0.05) is 0 Å². The Morgan fingerprint density at radius 1 is 1.11 bits per heavy atom. The number of hydrogen-bond donors (Lipinski definition) is 2. The second kappa shape index (κ2) is 11.0. The van der Waals surface area contributed by atoms with E-state index < -0.39 is 16.9 Å². The van der Waals surface area contributed by atoms with Crippen molar-refractivity contribution < 1.29 is 24.0 Å². The number of ether oxygens (including phenoxy) is 2. The summed E-state index contributed by atoms with van der Waals surface area (Å²) in [5.41, 5.74) is 0.822. The van der Waals surface area contributed by atoms with Gasteiger partial charge >= 0.3 is 12.0 Å². The van der Waals surface area contributed by atoms with Crippen molar-refractivity contribution in [2.75, 3.05) is 38.4 Å². The van der Waals surface area contributed by atoms with Crippen molar-refractivity contribution in [3.05, 3.63) is 57.8 Å². The number of methoxy groups -OCH3 is 1. The first kappa shape index (κ1) is 25.0. The second-order valence-corrected chi connectivity index (χ2v) is 7.35. The van der Waals surface area contributed by atoms with Crippen molar-refractivity contribution >= 4 is 29.3 Å². The van der Waals surface area contributed by atoms with Crippen LogP contribution in [0.2, 0.25) is 0 Å². The zero-order valence-electron chi connectivity index (χ0n) is 19.5. The number of carbonyl (C=O) groups is 2. The zero-order chi connectivity index (χ0) is 25.5. The van der Waals surface area contributed by atoms with Crippen molar-refractivity contribution in [3.63, 3.8) is 0 Å². The minimum absolute atomic E-state index is 0.0508. The summed E-state index contributed by atoms with van der Waals surface area (Å²) in [6.07, 6.45) is 0. The van der Waals surface area contributed by atoms with Crippen LogP contribution < -0.4 is 15.4 Å². The highest BCUT2D eigenvalue weighted by atomic mass is 16.6. The number of nitro groups is 1. The third-order valence-electron chi connectivity index (χ3n) is 4.55. The van der Waals surface area contributed by atoms with E-state index in [2.05, 4.69) is 25.9 Å². The van der Waals surface area contributed by atoms with Crippen LogP contribution in [0.3, 0.4) is 0 Å². The first-order valence-corrected chi connectivity index (χ1v) is 10.4. The van der Waals surface area contributed by atoms with Crippen LogP contribution in [-0.2, 0) is 11.3 Å². The van der Waals surface area contributed by atoms with Crippen LogP contribution in [0.4, 0.5) is 22.1 Å². The lowest BCUT2D eigenvalue weighted by Gasteiger charge is -2.14. The number of nitrogens with zero attached hydrogens (tertiary/aromatic N) is 6. The molecule has 0 atom stereocenters. The molecule has 35 heavy (non-hydrogen) atoms. The molecule has 3 rings (SSSR count). The van der Waals surface area contributed by atoms with Gasteiger partial charge in [0.05, 0.1) is 30.0 Å². The maximum Gasteiger partial charge on any atom is 0.343 e. The molecule has 0 radical (unpaired) electrons. The Hall–Kier alpha value is -4.59. The molecule has 0 saturated carbocycles. The first-order valence-electron chi connectivity index (χ1n) is 10.4. The molecule has 14 heteroatoms. The standard InChI is InChI=1S/C21H24N8O6/c1-5-35-20(30)18-15(12-27(2)3)28(13-6-8-14(9-7-13)29(32)33)26-19(18)23-21(31)22-16-10-11-17(34-4)25-24-16/h6-11H,5,12H2,1-4H3,(H2,22,23,24,26,31). The van der Waals surface area contributed by atoms with Gasteiger partial charge in [0.25, 0.3) is 5.69 Å². The summed E-state index contributed by atoms with van der Waals surface area (Å²) < 4.78 is 11.6. The number of amides is 2. The molecule has 2 aromatic heterocycles. The van der Waals surface area contributed by atoms with Crippen LogP contribution in [0.15, 0.2) is 36.4 Å². The maximum atomic E-state index is 12.9. The van der Waals surface area contributed by atoms with Gasteiger partial charge in [-0.25, -0.2) is 14.3 Å². The Morgan fingerprint density at radius 3 is 2.37 bits per heavy atom. The molecule has 0 aliphatic heterocycles. The number of nitrogens with one attached hydrogen (secondary N) is 2. The molecule has 14 nitrogen and oxygen atoms in total. The summed E-state index contributed by atoms with van der Waals surface area (Å²) in [5, 5.41) is 28.1. The van der Waals surface area contributed by atoms with Gasteiger partial charge in [0.2, 0.25) is 5.88 Å². The molecule has 0 bridgehead atoms. The van der Waals surface area contributed by atoms with Crippen LogP contribution in [0.5, 0.6) is 5.88 Å². The molecule has 0 fully saturated rings. The van der Waals surface area contributed by atoms with Crippen LogP contribution in [0.1, 0.15) is 23.0 Å². The molecule has 0 spiro atoms. The molecule has 0 aliphatic carbocycles. The Morgan fingerprint density at radius 2 is 1.83 bits per heavy atom. The van der Waals surface area contributed by atoms with Crippen LogP contribution >= 0.6 is 0 Å². The third kappa shape index (κ3) is 6.05. The van der Waals surface area contributed by atoms with Gasteiger partial charge in [0.15, 0.2) is 11.6 Å². The number of hydrogen-bond acceptors (Lipinski definition) is 10. The summed E-state index contributed by atoms with van der Waals surface area (Å²) in [6.45, 7) is 2.02. The minimum Gasteiger partial charge on any atom is -0.480 e. The number of anilines is 2. The average Bonchev–Trinajstić information content (AvgIpc) is 3.16. The summed E-state index contributed by atoms with van der Waals surface area (Å²) in [5.74, 6) is -0.324. The number of non-ortho nitro benzene ring substituents is 1. The maximum absolute atomic E-state index is 12.9. The Labute approximate surface area is 200 Å². The third-order valence-corrected chi connectivity index (χ3v) is 4.55. The van der Waals surface area contributed by atoms with Crippen molar-refractivity contribution in [1.29, 1.82) is 0 Å². The highest BCUT2D eigenvalue weighted by Gasteiger charge is 2.27. The molecule has 1 aromatic carbocycles. The number of nitro benzene ring substituents is 1. The lowest BCUT2D eigenvalue weighted by molar-refractivity contribution is -0.384. The largest absolute Gasteiger partial charge is 0.480 e. The lowest BCUT2D eigenvalue weighted by atomic mass is 10.2. The molecular weight excluding hydrogens is 460 g/mol. The van der Waals surface area contributed by atoms with E-state index in [9.17, 15) is 19.7 Å². The zero-order valence-corrected chi connectivity index (χ0v) is 19.5. The normalized spacial score (nSPS) is 10.7. The minimum atomic E-state index is -0.722. The highest BCUT2D eigenvalue weighted by Crippen LogP contribution is 2.26. The monoisotopic (exact) mass is 484 g/mol. The van der Waals surface area contributed by atoms with E-state index in [1.807, 2.05) is 0 Å². The predicted molar refractivity (Wildman–Crippen MR) is 125 cm³/mol. The van der Waals surface area contributed by atoms with E-state index in [0.717, 1.165) is 0 Å². The van der Waals surface area contributed by atoms with E-state index in [4.69, 9.17) is 9.47 Å². The predicted octanol–water partition coefficient (Wildman–Crippen LogP) is 2.46. The van der Waals surface area contributed by atoms with Gasteiger partial charge in [-0.2, -0.15) is 0 Å². The second-order valence-electron chi connectivity index (χ2n) is 7.35. The molecule has 3 aromatic rings. The van der Waals surface area contributed by atoms with E-state index in [1.165, 1.54) is 48.2 Å². The topological polar surface area (TPSA) is 167 Å². The molecule has 2 heterocycles. The van der Waals surface area contributed by atoms with Crippen LogP contribution in [-0.4, -0.2) is 69.6 Å². The van der Waals surface area contributed by atoms with Crippen molar-refractivity contribution in [3.8, 4) is 11.6 Å². The number of aromatic nitrogens is 4. The van der Waals surface area contributed by atoms with Gasteiger partial charge in [-0.3, -0.25) is 20.7 Å². The van der Waals surface area contributed by atoms with E-state index in [0.29, 0.717) is 11.4 Å². The van der Waals surface area contributed by atoms with E-state index >= 15 is 0 Å². The quantitative estimate of drug-likeness (QED) is 0.261. The number of rotatable bonds is 9. The first-order chi connectivity index (χ1) is 16.7. The molecule has 0 unspecified atom stereocenters. The summed E-state index contributed by atoms with van der Waals surface area (Å²) >= 11 is 0. The Kier molecular flexibility index (Phi) is 7.88. The molecule has 184 valence electrons.